The van der Waals surface area contributed by atoms with Gasteiger partial charge >= 0.3 is 0 Å². The molecule has 0 saturated heterocycles. The molecule has 0 aliphatic rings. The van der Waals surface area contributed by atoms with Gasteiger partial charge in [-0.1, -0.05) is 42.5 Å². The van der Waals surface area contributed by atoms with Crippen LogP contribution in [0.1, 0.15) is 9.67 Å². The van der Waals surface area contributed by atoms with Gasteiger partial charge in [0.2, 0.25) is 0 Å². The topological polar surface area (TPSA) is 109 Å². The minimum absolute atomic E-state index is 0.339. The molecule has 0 fully saturated rings. The van der Waals surface area contributed by atoms with E-state index in [1.54, 1.807) is 21.3 Å². The van der Waals surface area contributed by atoms with Crippen LogP contribution in [0.15, 0.2) is 84.2 Å². The quantitative estimate of drug-likeness (QED) is 0.187. The van der Waals surface area contributed by atoms with Crippen molar-refractivity contribution in [1.29, 1.82) is 0 Å². The summed E-state index contributed by atoms with van der Waals surface area (Å²) in [5.41, 5.74) is 12.0. The number of thiophene rings is 1. The van der Waals surface area contributed by atoms with Crippen molar-refractivity contribution < 1.29 is 19.0 Å². The van der Waals surface area contributed by atoms with Gasteiger partial charge in [0, 0.05) is 33.0 Å². The molecule has 3 N–H and O–H groups in total. The molecule has 0 radical (unpaired) electrons. The highest BCUT2D eigenvalue weighted by atomic mass is 32.1. The van der Waals surface area contributed by atoms with Gasteiger partial charge in [-0.05, 0) is 36.4 Å². The van der Waals surface area contributed by atoms with Gasteiger partial charge in [-0.2, -0.15) is 0 Å². The van der Waals surface area contributed by atoms with Gasteiger partial charge in [-0.3, -0.25) is 10.1 Å². The Balaban J connectivity index is 1.43. The van der Waals surface area contributed by atoms with Crippen molar-refractivity contribution in [3.05, 3.63) is 89.1 Å². The summed E-state index contributed by atoms with van der Waals surface area (Å²) in [6, 6.07) is 25.1. The van der Waals surface area contributed by atoms with E-state index in [-0.39, 0.29) is 5.91 Å². The molecule has 0 aliphatic carbocycles. The Morgan fingerprint density at radius 3 is 2.29 bits per heavy atom. The number of fused-ring (bicyclic) bond motifs is 1. The Morgan fingerprint density at radius 1 is 0.810 bits per heavy atom. The van der Waals surface area contributed by atoms with E-state index in [1.807, 2.05) is 84.2 Å². The van der Waals surface area contributed by atoms with Gasteiger partial charge in [-0.15, -0.1) is 22.7 Å². The lowest BCUT2D eigenvalue weighted by atomic mass is 9.98. The number of thiazole rings is 1. The van der Waals surface area contributed by atoms with Crippen molar-refractivity contribution in [2.24, 2.45) is 0 Å². The smallest absolute Gasteiger partial charge is 0.269 e. The number of hydrogen-bond donors (Lipinski definition) is 2. The molecular formula is C32H26N4O4S2. The van der Waals surface area contributed by atoms with Crippen LogP contribution in [0.3, 0.4) is 0 Å². The summed E-state index contributed by atoms with van der Waals surface area (Å²) in [6.45, 7) is 0. The largest absolute Gasteiger partial charge is 0.497 e. The molecule has 6 rings (SSSR count). The molecule has 3 heterocycles. The molecule has 210 valence electrons. The van der Waals surface area contributed by atoms with E-state index >= 15 is 0 Å². The number of methoxy groups -OCH3 is 3. The molecule has 0 bridgehead atoms. The zero-order valence-corrected chi connectivity index (χ0v) is 24.6. The lowest BCUT2D eigenvalue weighted by molar-refractivity contribution is 0.103. The predicted molar refractivity (Wildman–Crippen MR) is 170 cm³/mol. The third-order valence-corrected chi connectivity index (χ3v) is 8.63. The third-order valence-electron chi connectivity index (χ3n) is 6.78. The number of nitrogens with two attached hydrogens (primary N) is 1. The summed E-state index contributed by atoms with van der Waals surface area (Å²) < 4.78 is 16.6. The van der Waals surface area contributed by atoms with Crippen LogP contribution in [0, 0.1) is 0 Å². The maximum atomic E-state index is 13.6. The number of benzene rings is 3. The fraction of sp³-hybridized carbons (Fsp3) is 0.0938. The summed E-state index contributed by atoms with van der Waals surface area (Å²) in [4.78, 5) is 24.1. The van der Waals surface area contributed by atoms with E-state index in [4.69, 9.17) is 24.9 Å². The number of ether oxygens (including phenoxy) is 3. The molecule has 3 aromatic carbocycles. The zero-order chi connectivity index (χ0) is 29.2. The number of nitrogens with zero attached hydrogens (tertiary/aromatic N) is 2. The second-order valence-corrected chi connectivity index (χ2v) is 11.1. The Labute approximate surface area is 250 Å². The molecule has 42 heavy (non-hydrogen) atoms. The van der Waals surface area contributed by atoms with Gasteiger partial charge in [0.15, 0.2) is 16.6 Å². The van der Waals surface area contributed by atoms with Crippen LogP contribution < -0.4 is 25.3 Å². The van der Waals surface area contributed by atoms with E-state index in [0.29, 0.717) is 37.4 Å². The van der Waals surface area contributed by atoms with Crippen molar-refractivity contribution in [3.8, 4) is 50.9 Å². The van der Waals surface area contributed by atoms with E-state index in [9.17, 15) is 4.79 Å². The standard InChI is InChI=1S/C32H26N4O4S2/c1-38-20-14-12-19(13-15-20)24-17-41-32(35-24)36-30(37)29-27(33)26-22(21-10-7-11-25(39-2)28(21)40-3)16-23(34-31(26)42-29)18-8-5-4-6-9-18/h4-17H,33H2,1-3H3,(H,35,36,37). The van der Waals surface area contributed by atoms with Crippen LogP contribution in [-0.4, -0.2) is 37.2 Å². The van der Waals surface area contributed by atoms with Crippen molar-refractivity contribution in [1.82, 2.24) is 9.97 Å². The number of pyridine rings is 1. The molecular weight excluding hydrogens is 569 g/mol. The Hall–Kier alpha value is -4.93. The minimum Gasteiger partial charge on any atom is -0.497 e. The number of carbonyl (C=O) groups is 1. The Kier molecular flexibility index (Phi) is 7.47. The van der Waals surface area contributed by atoms with Crippen LogP contribution in [0.5, 0.6) is 17.2 Å². The number of para-hydroxylation sites is 1. The first kappa shape index (κ1) is 27.3. The molecule has 10 heteroatoms. The predicted octanol–water partition coefficient (Wildman–Crippen LogP) is 7.61. The number of carbonyl (C=O) groups excluding carboxylic acids is 1. The molecule has 0 unspecified atom stereocenters. The molecule has 0 spiro atoms. The van der Waals surface area contributed by atoms with Gasteiger partial charge < -0.3 is 19.9 Å². The second kappa shape index (κ2) is 11.5. The Bertz CT molecular complexity index is 1900. The van der Waals surface area contributed by atoms with Crippen LogP contribution in [0.2, 0.25) is 0 Å². The third kappa shape index (κ3) is 5.02. The van der Waals surface area contributed by atoms with Gasteiger partial charge in [-0.25, -0.2) is 9.97 Å². The Morgan fingerprint density at radius 2 is 1.57 bits per heavy atom. The van der Waals surface area contributed by atoms with E-state index in [1.165, 1.54) is 22.7 Å². The summed E-state index contributed by atoms with van der Waals surface area (Å²) in [7, 11) is 4.82. The summed E-state index contributed by atoms with van der Waals surface area (Å²) in [5, 5.41) is 5.96. The first-order valence-corrected chi connectivity index (χ1v) is 14.6. The highest BCUT2D eigenvalue weighted by molar-refractivity contribution is 7.21. The molecule has 0 aliphatic heterocycles. The second-order valence-electron chi connectivity index (χ2n) is 9.21. The average Bonchev–Trinajstić information content (AvgIpc) is 3.64. The van der Waals surface area contributed by atoms with Crippen LogP contribution in [0.25, 0.3) is 43.9 Å². The summed E-state index contributed by atoms with van der Waals surface area (Å²) in [6.07, 6.45) is 0. The lowest BCUT2D eigenvalue weighted by Gasteiger charge is -2.15. The first-order chi connectivity index (χ1) is 20.5. The van der Waals surface area contributed by atoms with Crippen LogP contribution in [-0.2, 0) is 0 Å². The maximum absolute atomic E-state index is 13.6. The van der Waals surface area contributed by atoms with Crippen molar-refractivity contribution in [2.75, 3.05) is 32.4 Å². The lowest BCUT2D eigenvalue weighted by Crippen LogP contribution is -2.11. The summed E-state index contributed by atoms with van der Waals surface area (Å²) >= 11 is 2.58. The van der Waals surface area contributed by atoms with Crippen molar-refractivity contribution >= 4 is 49.6 Å². The molecule has 3 aromatic heterocycles. The monoisotopic (exact) mass is 594 g/mol. The number of aromatic nitrogens is 2. The van der Waals surface area contributed by atoms with Crippen molar-refractivity contribution in [2.45, 2.75) is 0 Å². The average molecular weight is 595 g/mol. The first-order valence-electron chi connectivity index (χ1n) is 12.9. The van der Waals surface area contributed by atoms with Crippen molar-refractivity contribution in [3.63, 3.8) is 0 Å². The number of anilines is 2. The normalized spacial score (nSPS) is 10.9. The number of hydrogen-bond acceptors (Lipinski definition) is 9. The number of nitrogens with one attached hydrogen (secondary N) is 1. The number of amides is 1. The number of nitrogen functional groups attached to an aromatic ring is 1. The van der Waals surface area contributed by atoms with Gasteiger partial charge in [0.1, 0.15) is 15.5 Å². The molecule has 8 nitrogen and oxygen atoms in total. The zero-order valence-electron chi connectivity index (χ0n) is 23.0. The fourth-order valence-corrected chi connectivity index (χ4v) is 6.47. The van der Waals surface area contributed by atoms with Gasteiger partial charge in [0.25, 0.3) is 5.91 Å². The van der Waals surface area contributed by atoms with E-state index in [0.717, 1.165) is 39.4 Å². The number of rotatable bonds is 8. The van der Waals surface area contributed by atoms with Crippen LogP contribution in [0.4, 0.5) is 10.8 Å². The maximum Gasteiger partial charge on any atom is 0.269 e. The SMILES string of the molecule is COc1ccc(-c2csc(NC(=O)c3sc4nc(-c5ccccc5)cc(-c5cccc(OC)c5OC)c4c3N)n2)cc1. The highest BCUT2D eigenvalue weighted by Crippen LogP contribution is 2.46. The fourth-order valence-electron chi connectivity index (χ4n) is 4.74. The van der Waals surface area contributed by atoms with Gasteiger partial charge in [0.05, 0.1) is 38.4 Å². The van der Waals surface area contributed by atoms with E-state index in [2.05, 4.69) is 10.3 Å². The molecule has 6 aromatic rings. The molecule has 0 saturated carbocycles. The minimum atomic E-state index is -0.351. The molecule has 1 amide bonds. The van der Waals surface area contributed by atoms with Crippen LogP contribution >= 0.6 is 22.7 Å². The molecule has 0 atom stereocenters. The summed E-state index contributed by atoms with van der Waals surface area (Å²) in [5.74, 6) is 1.56. The van der Waals surface area contributed by atoms with E-state index < -0.39 is 0 Å². The highest BCUT2D eigenvalue weighted by Gasteiger charge is 2.24.